The molecule has 1 aliphatic heterocycles. The molecule has 0 unspecified atom stereocenters. The standard InChI is InChI=1S/C20H22Cl2N2OS/c1-20(2)7-4-8-24(13-20)19(25)15-9-14(10-23-11-15)12-26-18-16(21)5-3-6-17(18)22/h3,5-6,9-11H,4,7-8,12-13H2,1-2H3. The van der Waals surface area contributed by atoms with Crippen LogP contribution in [0, 0.1) is 5.41 Å². The van der Waals surface area contributed by atoms with Gasteiger partial charge in [0.05, 0.1) is 15.6 Å². The molecule has 0 N–H and O–H groups in total. The molecule has 1 aromatic heterocycles. The van der Waals surface area contributed by atoms with E-state index in [2.05, 4.69) is 18.8 Å². The summed E-state index contributed by atoms with van der Waals surface area (Å²) in [5, 5.41) is 1.27. The molecule has 138 valence electrons. The number of pyridine rings is 1. The van der Waals surface area contributed by atoms with E-state index >= 15 is 0 Å². The Hall–Kier alpha value is -1.23. The Labute approximate surface area is 169 Å². The molecule has 6 heteroatoms. The Kier molecular flexibility index (Phi) is 6.16. The highest BCUT2D eigenvalue weighted by Crippen LogP contribution is 2.35. The topological polar surface area (TPSA) is 33.2 Å². The predicted octanol–water partition coefficient (Wildman–Crippen LogP) is 5.94. The van der Waals surface area contributed by atoms with Crippen LogP contribution >= 0.6 is 35.0 Å². The Morgan fingerprint density at radius 1 is 1.27 bits per heavy atom. The highest BCUT2D eigenvalue weighted by atomic mass is 35.5. The van der Waals surface area contributed by atoms with Crippen LogP contribution < -0.4 is 0 Å². The minimum Gasteiger partial charge on any atom is -0.338 e. The van der Waals surface area contributed by atoms with Gasteiger partial charge in [-0.25, -0.2) is 0 Å². The van der Waals surface area contributed by atoms with E-state index < -0.39 is 0 Å². The number of benzene rings is 1. The zero-order valence-corrected chi connectivity index (χ0v) is 17.3. The molecule has 1 aliphatic rings. The molecule has 0 atom stereocenters. The molecule has 1 amide bonds. The summed E-state index contributed by atoms with van der Waals surface area (Å²) in [5.41, 5.74) is 1.80. The van der Waals surface area contributed by atoms with Crippen LogP contribution in [0.5, 0.6) is 0 Å². The van der Waals surface area contributed by atoms with Gasteiger partial charge in [0, 0.05) is 36.1 Å². The normalized spacial score (nSPS) is 16.5. The summed E-state index contributed by atoms with van der Waals surface area (Å²) in [5.74, 6) is 0.719. The molecule has 26 heavy (non-hydrogen) atoms. The molecule has 3 rings (SSSR count). The SMILES string of the molecule is CC1(C)CCCN(C(=O)c2cncc(CSc3c(Cl)cccc3Cl)c2)C1. The van der Waals surface area contributed by atoms with Crippen LogP contribution in [0.2, 0.25) is 10.0 Å². The van der Waals surface area contributed by atoms with E-state index in [0.717, 1.165) is 36.4 Å². The van der Waals surface area contributed by atoms with Gasteiger partial charge in [-0.05, 0) is 42.0 Å². The third-order valence-electron chi connectivity index (χ3n) is 4.53. The lowest BCUT2D eigenvalue weighted by Crippen LogP contribution is -2.43. The van der Waals surface area contributed by atoms with E-state index in [1.807, 2.05) is 29.2 Å². The quantitative estimate of drug-likeness (QED) is 0.586. The lowest BCUT2D eigenvalue weighted by atomic mass is 9.84. The third kappa shape index (κ3) is 4.73. The minimum atomic E-state index is 0.0629. The third-order valence-corrected chi connectivity index (χ3v) is 6.59. The largest absolute Gasteiger partial charge is 0.338 e. The second-order valence-corrected chi connectivity index (χ2v) is 9.22. The van der Waals surface area contributed by atoms with Crippen LogP contribution in [0.4, 0.5) is 0 Å². The summed E-state index contributed by atoms with van der Waals surface area (Å²) < 4.78 is 0. The summed E-state index contributed by atoms with van der Waals surface area (Å²) in [7, 11) is 0. The number of amides is 1. The van der Waals surface area contributed by atoms with Gasteiger partial charge in [-0.15, -0.1) is 11.8 Å². The summed E-state index contributed by atoms with van der Waals surface area (Å²) in [6.45, 7) is 6.03. The van der Waals surface area contributed by atoms with Gasteiger partial charge >= 0.3 is 0 Å². The number of halogens is 2. The van der Waals surface area contributed by atoms with Gasteiger partial charge in [-0.3, -0.25) is 9.78 Å². The number of hydrogen-bond acceptors (Lipinski definition) is 3. The summed E-state index contributed by atoms with van der Waals surface area (Å²) >= 11 is 14.0. The number of hydrogen-bond donors (Lipinski definition) is 0. The number of nitrogens with zero attached hydrogens (tertiary/aromatic N) is 2. The zero-order chi connectivity index (χ0) is 18.7. The lowest BCUT2D eigenvalue weighted by Gasteiger charge is -2.38. The highest BCUT2D eigenvalue weighted by Gasteiger charge is 2.29. The van der Waals surface area contributed by atoms with Crippen molar-refractivity contribution in [3.8, 4) is 0 Å². The molecule has 2 heterocycles. The first-order valence-corrected chi connectivity index (χ1v) is 10.4. The molecule has 0 radical (unpaired) electrons. The van der Waals surface area contributed by atoms with Gasteiger partial charge in [0.25, 0.3) is 5.91 Å². The van der Waals surface area contributed by atoms with Crippen LogP contribution in [0.25, 0.3) is 0 Å². The monoisotopic (exact) mass is 408 g/mol. The van der Waals surface area contributed by atoms with Crippen LogP contribution in [-0.4, -0.2) is 28.9 Å². The molecular formula is C20H22Cl2N2OS. The van der Waals surface area contributed by atoms with E-state index in [1.165, 1.54) is 0 Å². The molecule has 0 aliphatic carbocycles. The van der Waals surface area contributed by atoms with E-state index in [1.54, 1.807) is 24.2 Å². The fourth-order valence-electron chi connectivity index (χ4n) is 3.24. The first kappa shape index (κ1) is 19.5. The molecule has 2 aromatic rings. The van der Waals surface area contributed by atoms with Crippen molar-refractivity contribution in [1.29, 1.82) is 0 Å². The van der Waals surface area contributed by atoms with Gasteiger partial charge in [0.1, 0.15) is 0 Å². The number of likely N-dealkylation sites (tertiary alicyclic amines) is 1. The van der Waals surface area contributed by atoms with Gasteiger partial charge in [-0.2, -0.15) is 0 Å². The highest BCUT2D eigenvalue weighted by molar-refractivity contribution is 7.98. The summed E-state index contributed by atoms with van der Waals surface area (Å²) in [4.78, 5) is 19.9. The first-order valence-electron chi connectivity index (χ1n) is 8.66. The lowest BCUT2D eigenvalue weighted by molar-refractivity contribution is 0.0583. The second kappa shape index (κ2) is 8.20. The molecule has 1 saturated heterocycles. The molecule has 0 saturated carbocycles. The number of carbonyl (C=O) groups excluding carboxylic acids is 1. The van der Waals surface area contributed by atoms with Gasteiger partial charge in [-0.1, -0.05) is 43.1 Å². The Morgan fingerprint density at radius 2 is 2.00 bits per heavy atom. The zero-order valence-electron chi connectivity index (χ0n) is 15.0. The van der Waals surface area contributed by atoms with E-state index in [-0.39, 0.29) is 11.3 Å². The van der Waals surface area contributed by atoms with Crippen LogP contribution in [-0.2, 0) is 5.75 Å². The Balaban J connectivity index is 1.71. The first-order chi connectivity index (χ1) is 12.4. The van der Waals surface area contributed by atoms with Gasteiger partial charge in [0.2, 0.25) is 0 Å². The number of rotatable bonds is 4. The smallest absolute Gasteiger partial charge is 0.255 e. The number of aromatic nitrogens is 1. The van der Waals surface area contributed by atoms with Crippen molar-refractivity contribution < 1.29 is 4.79 Å². The van der Waals surface area contributed by atoms with Gasteiger partial charge in [0.15, 0.2) is 0 Å². The fourth-order valence-corrected chi connectivity index (χ4v) is 4.84. The van der Waals surface area contributed by atoms with Crippen molar-refractivity contribution in [2.45, 2.75) is 37.3 Å². The average molecular weight is 409 g/mol. The van der Waals surface area contributed by atoms with Crippen LogP contribution in [0.15, 0.2) is 41.6 Å². The second-order valence-electron chi connectivity index (χ2n) is 7.42. The predicted molar refractivity (Wildman–Crippen MR) is 109 cm³/mol. The Bertz CT molecular complexity index is 790. The molecule has 0 bridgehead atoms. The van der Waals surface area contributed by atoms with E-state index in [0.29, 0.717) is 21.4 Å². The molecule has 3 nitrogen and oxygen atoms in total. The number of thioether (sulfide) groups is 1. The average Bonchev–Trinajstić information content (AvgIpc) is 2.60. The van der Waals surface area contributed by atoms with Gasteiger partial charge < -0.3 is 4.90 Å². The summed E-state index contributed by atoms with van der Waals surface area (Å²) in [6.07, 6.45) is 5.65. The van der Waals surface area contributed by atoms with E-state index in [9.17, 15) is 4.79 Å². The van der Waals surface area contributed by atoms with Crippen LogP contribution in [0.1, 0.15) is 42.6 Å². The van der Waals surface area contributed by atoms with Crippen LogP contribution in [0.3, 0.4) is 0 Å². The maximum atomic E-state index is 12.9. The fraction of sp³-hybridized carbons (Fsp3) is 0.400. The number of carbonyl (C=O) groups is 1. The van der Waals surface area contributed by atoms with Crippen molar-refractivity contribution in [3.05, 3.63) is 57.8 Å². The van der Waals surface area contributed by atoms with Crippen molar-refractivity contribution in [3.63, 3.8) is 0 Å². The van der Waals surface area contributed by atoms with E-state index in [4.69, 9.17) is 23.2 Å². The van der Waals surface area contributed by atoms with Crippen molar-refractivity contribution >= 4 is 40.9 Å². The molecular weight excluding hydrogens is 387 g/mol. The summed E-state index contributed by atoms with van der Waals surface area (Å²) in [6, 6.07) is 7.41. The number of piperidine rings is 1. The van der Waals surface area contributed by atoms with Crippen molar-refractivity contribution in [2.75, 3.05) is 13.1 Å². The molecule has 1 aromatic carbocycles. The van der Waals surface area contributed by atoms with Crippen molar-refractivity contribution in [1.82, 2.24) is 9.88 Å². The Morgan fingerprint density at radius 3 is 2.69 bits per heavy atom. The van der Waals surface area contributed by atoms with Crippen molar-refractivity contribution in [2.24, 2.45) is 5.41 Å². The maximum absolute atomic E-state index is 12.9. The minimum absolute atomic E-state index is 0.0629. The maximum Gasteiger partial charge on any atom is 0.255 e. The molecule has 0 spiro atoms. The molecule has 1 fully saturated rings.